The molecular weight excluding hydrogens is 253 g/mol. The maximum atomic E-state index is 12.8. The van der Waals surface area contributed by atoms with E-state index in [1.54, 1.807) is 0 Å². The van der Waals surface area contributed by atoms with Crippen molar-refractivity contribution in [1.29, 1.82) is 0 Å². The van der Waals surface area contributed by atoms with E-state index >= 15 is 0 Å². The Balaban J connectivity index is 3.38. The molecule has 0 aliphatic rings. The lowest BCUT2D eigenvalue weighted by molar-refractivity contribution is 0.107. The van der Waals surface area contributed by atoms with Crippen LogP contribution in [0.3, 0.4) is 0 Å². The average Bonchev–Trinajstić information content (AvgIpc) is 1.82. The molecule has 0 saturated carbocycles. The molecule has 1 aromatic rings. The molecule has 12 heavy (non-hydrogen) atoms. The van der Waals surface area contributed by atoms with E-state index in [2.05, 4.69) is 15.9 Å². The van der Waals surface area contributed by atoms with Crippen LogP contribution in [0.5, 0.6) is 0 Å². The van der Waals surface area contributed by atoms with Gasteiger partial charge in [0.15, 0.2) is 0 Å². The number of benzene rings is 1. The molecule has 1 aromatic carbocycles. The Morgan fingerprint density at radius 1 is 1.33 bits per heavy atom. The van der Waals surface area contributed by atoms with Crippen molar-refractivity contribution in [3.63, 3.8) is 0 Å². The summed E-state index contributed by atoms with van der Waals surface area (Å²) < 4.78 is 25.8. The first kappa shape index (κ1) is 9.61. The standard InChI is InChI=1S/C7H2BrClF2O/c8-3-1-4(10)6(7(9)12)5(11)2-3/h1-2H. The third-order valence-corrected chi connectivity index (χ3v) is 1.85. The van der Waals surface area contributed by atoms with Crippen LogP contribution in [0.2, 0.25) is 0 Å². The van der Waals surface area contributed by atoms with Gasteiger partial charge in [0, 0.05) is 4.47 Å². The zero-order valence-electron chi connectivity index (χ0n) is 5.57. The van der Waals surface area contributed by atoms with Crippen molar-refractivity contribution in [3.8, 4) is 0 Å². The number of hydrogen-bond acceptors (Lipinski definition) is 1. The zero-order chi connectivity index (χ0) is 9.30. The highest BCUT2D eigenvalue weighted by Crippen LogP contribution is 2.20. The summed E-state index contributed by atoms with van der Waals surface area (Å²) in [6.45, 7) is 0. The summed E-state index contributed by atoms with van der Waals surface area (Å²) in [5.41, 5.74) is -0.722. The molecule has 0 aliphatic heterocycles. The Kier molecular flexibility index (Phi) is 2.80. The number of hydrogen-bond donors (Lipinski definition) is 0. The van der Waals surface area contributed by atoms with Gasteiger partial charge in [-0.1, -0.05) is 15.9 Å². The molecule has 0 amide bonds. The van der Waals surface area contributed by atoms with Gasteiger partial charge in [-0.3, -0.25) is 4.79 Å². The maximum Gasteiger partial charge on any atom is 0.258 e. The fraction of sp³-hybridized carbons (Fsp3) is 0. The van der Waals surface area contributed by atoms with Crippen LogP contribution in [-0.2, 0) is 0 Å². The van der Waals surface area contributed by atoms with Crippen molar-refractivity contribution in [2.45, 2.75) is 0 Å². The van der Waals surface area contributed by atoms with Gasteiger partial charge in [0.2, 0.25) is 0 Å². The molecule has 0 radical (unpaired) electrons. The summed E-state index contributed by atoms with van der Waals surface area (Å²) in [6.07, 6.45) is 0. The summed E-state index contributed by atoms with van der Waals surface area (Å²) >= 11 is 7.79. The van der Waals surface area contributed by atoms with Gasteiger partial charge in [-0.25, -0.2) is 8.78 Å². The minimum atomic E-state index is -1.14. The highest BCUT2D eigenvalue weighted by molar-refractivity contribution is 9.10. The molecule has 1 nitrogen and oxygen atoms in total. The lowest BCUT2D eigenvalue weighted by Crippen LogP contribution is -1.99. The summed E-state index contributed by atoms with van der Waals surface area (Å²) in [6, 6.07) is 1.94. The third-order valence-electron chi connectivity index (χ3n) is 1.20. The van der Waals surface area contributed by atoms with E-state index in [0.717, 1.165) is 12.1 Å². The van der Waals surface area contributed by atoms with Crippen LogP contribution in [0.1, 0.15) is 10.4 Å². The first-order valence-corrected chi connectivity index (χ1v) is 4.04. The SMILES string of the molecule is O=C(Cl)c1c(F)cc(Br)cc1F. The van der Waals surface area contributed by atoms with Crippen LogP contribution in [0.25, 0.3) is 0 Å². The van der Waals surface area contributed by atoms with Gasteiger partial charge in [-0.15, -0.1) is 0 Å². The summed E-state index contributed by atoms with van der Waals surface area (Å²) in [7, 11) is 0. The molecule has 5 heteroatoms. The van der Waals surface area contributed by atoms with Crippen LogP contribution in [0.15, 0.2) is 16.6 Å². The van der Waals surface area contributed by atoms with E-state index in [0.29, 0.717) is 0 Å². The van der Waals surface area contributed by atoms with Crippen LogP contribution in [0.4, 0.5) is 8.78 Å². The third kappa shape index (κ3) is 1.81. The van der Waals surface area contributed by atoms with Crippen LogP contribution in [0, 0.1) is 11.6 Å². The molecule has 0 saturated heterocycles. The quantitative estimate of drug-likeness (QED) is 0.705. The van der Waals surface area contributed by atoms with Gasteiger partial charge in [0.1, 0.15) is 17.2 Å². The van der Waals surface area contributed by atoms with Gasteiger partial charge < -0.3 is 0 Å². The topological polar surface area (TPSA) is 17.1 Å². The minimum Gasteiger partial charge on any atom is -0.275 e. The number of rotatable bonds is 1. The minimum absolute atomic E-state index is 0.221. The Labute approximate surface area is 80.5 Å². The first-order chi connectivity index (χ1) is 5.52. The number of carbonyl (C=O) groups excluding carboxylic acids is 1. The van der Waals surface area contributed by atoms with Crippen molar-refractivity contribution >= 4 is 32.8 Å². The molecule has 1 rings (SSSR count). The molecule has 0 aromatic heterocycles. The number of carbonyl (C=O) groups is 1. The van der Waals surface area contributed by atoms with E-state index < -0.39 is 22.4 Å². The Bertz CT molecular complexity index is 317. The molecule has 0 heterocycles. The highest BCUT2D eigenvalue weighted by Gasteiger charge is 2.15. The van der Waals surface area contributed by atoms with Crippen molar-refractivity contribution in [3.05, 3.63) is 33.8 Å². The second kappa shape index (κ2) is 3.49. The van der Waals surface area contributed by atoms with Crippen molar-refractivity contribution in [2.24, 2.45) is 0 Å². The zero-order valence-corrected chi connectivity index (χ0v) is 7.92. The summed E-state index contributed by atoms with van der Waals surface area (Å²) in [4.78, 5) is 10.5. The van der Waals surface area contributed by atoms with E-state index in [1.807, 2.05) is 0 Å². The molecule has 64 valence electrons. The lowest BCUT2D eigenvalue weighted by atomic mass is 10.2. The van der Waals surface area contributed by atoms with Gasteiger partial charge in [-0.05, 0) is 23.7 Å². The molecule has 0 atom stereocenters. The average molecular weight is 255 g/mol. The second-order valence-corrected chi connectivity index (χ2v) is 3.28. The Hall–Kier alpha value is -0.480. The highest BCUT2D eigenvalue weighted by atomic mass is 79.9. The first-order valence-electron chi connectivity index (χ1n) is 2.86. The molecule has 0 spiro atoms. The van der Waals surface area contributed by atoms with Crippen molar-refractivity contribution in [2.75, 3.05) is 0 Å². The smallest absolute Gasteiger partial charge is 0.258 e. The fourth-order valence-electron chi connectivity index (χ4n) is 0.730. The monoisotopic (exact) mass is 254 g/mol. The molecule has 0 aliphatic carbocycles. The second-order valence-electron chi connectivity index (χ2n) is 2.02. The van der Waals surface area contributed by atoms with Gasteiger partial charge in [0.05, 0.1) is 0 Å². The van der Waals surface area contributed by atoms with E-state index in [4.69, 9.17) is 11.6 Å². The van der Waals surface area contributed by atoms with Crippen LogP contribution >= 0.6 is 27.5 Å². The fourth-order valence-corrected chi connectivity index (χ4v) is 1.31. The van der Waals surface area contributed by atoms with Gasteiger partial charge in [-0.2, -0.15) is 0 Å². The van der Waals surface area contributed by atoms with Crippen molar-refractivity contribution in [1.82, 2.24) is 0 Å². The molecule has 0 fully saturated rings. The summed E-state index contributed by atoms with van der Waals surface area (Å²) in [5, 5.41) is -1.14. The van der Waals surface area contributed by atoms with Crippen molar-refractivity contribution < 1.29 is 13.6 Å². The van der Waals surface area contributed by atoms with E-state index in [-0.39, 0.29) is 4.47 Å². The molecule has 0 bridgehead atoms. The van der Waals surface area contributed by atoms with Gasteiger partial charge in [0.25, 0.3) is 5.24 Å². The van der Waals surface area contributed by atoms with Crippen LogP contribution < -0.4 is 0 Å². The molecular formula is C7H2BrClF2O. The summed E-state index contributed by atoms with van der Waals surface area (Å²) in [5.74, 6) is -1.94. The molecule has 0 unspecified atom stereocenters. The predicted octanol–water partition coefficient (Wildman–Crippen LogP) is 3.11. The number of halogens is 4. The Morgan fingerprint density at radius 3 is 2.08 bits per heavy atom. The largest absolute Gasteiger partial charge is 0.275 e. The van der Waals surface area contributed by atoms with E-state index in [9.17, 15) is 13.6 Å². The van der Waals surface area contributed by atoms with E-state index in [1.165, 1.54) is 0 Å². The van der Waals surface area contributed by atoms with Crippen LogP contribution in [-0.4, -0.2) is 5.24 Å². The maximum absolute atomic E-state index is 12.8. The normalized spacial score (nSPS) is 10.0. The predicted molar refractivity (Wildman–Crippen MR) is 44.2 cm³/mol. The lowest BCUT2D eigenvalue weighted by Gasteiger charge is -1.99. The molecule has 0 N–H and O–H groups in total. The van der Waals surface area contributed by atoms with Gasteiger partial charge >= 0.3 is 0 Å². The Morgan fingerprint density at radius 2 is 1.75 bits per heavy atom.